The molecule has 0 radical (unpaired) electrons. The van der Waals surface area contributed by atoms with Crippen molar-refractivity contribution in [2.75, 3.05) is 26.2 Å². The molecule has 0 saturated carbocycles. The van der Waals surface area contributed by atoms with Gasteiger partial charge in [0.05, 0.1) is 23.7 Å². The fourth-order valence-corrected chi connectivity index (χ4v) is 3.60. The number of nitrogens with zero attached hydrogens (tertiary/aromatic N) is 3. The predicted octanol–water partition coefficient (Wildman–Crippen LogP) is 2.74. The van der Waals surface area contributed by atoms with Crippen LogP contribution < -0.4 is 0 Å². The highest BCUT2D eigenvalue weighted by Gasteiger charge is 2.26. The minimum Gasteiger partial charge on any atom is -0.339 e. The van der Waals surface area contributed by atoms with Gasteiger partial charge in [-0.3, -0.25) is 14.7 Å². The second-order valence-electron chi connectivity index (χ2n) is 6.58. The van der Waals surface area contributed by atoms with Gasteiger partial charge in [-0.05, 0) is 17.7 Å². The van der Waals surface area contributed by atoms with Crippen molar-refractivity contribution in [3.05, 3.63) is 64.8 Å². The number of fused-ring (bicyclic) bond motifs is 1. The minimum absolute atomic E-state index is 0.0332. The topological polar surface area (TPSA) is 69.3 Å². The van der Waals surface area contributed by atoms with Crippen LogP contribution in [0.25, 0.3) is 10.9 Å². The number of halogens is 1. The molecule has 27 heavy (non-hydrogen) atoms. The van der Waals surface area contributed by atoms with Crippen molar-refractivity contribution >= 4 is 34.3 Å². The number of benzene rings is 2. The maximum atomic E-state index is 12.9. The average Bonchev–Trinajstić information content (AvgIpc) is 3.18. The van der Waals surface area contributed by atoms with Crippen LogP contribution in [0.2, 0.25) is 5.02 Å². The Hall–Kier alpha value is -2.86. The Labute approximate surface area is 161 Å². The summed E-state index contributed by atoms with van der Waals surface area (Å²) < 4.78 is 0. The fourth-order valence-electron chi connectivity index (χ4n) is 3.39. The van der Waals surface area contributed by atoms with Crippen molar-refractivity contribution in [1.29, 1.82) is 0 Å². The van der Waals surface area contributed by atoms with E-state index >= 15 is 0 Å². The Morgan fingerprint density at radius 3 is 2.52 bits per heavy atom. The van der Waals surface area contributed by atoms with Gasteiger partial charge in [-0.25, -0.2) is 0 Å². The van der Waals surface area contributed by atoms with Crippen molar-refractivity contribution in [3.8, 4) is 0 Å². The van der Waals surface area contributed by atoms with Crippen LogP contribution in [0.1, 0.15) is 15.9 Å². The summed E-state index contributed by atoms with van der Waals surface area (Å²) in [5.74, 6) is -0.00563. The van der Waals surface area contributed by atoms with Gasteiger partial charge in [0.15, 0.2) is 0 Å². The second kappa shape index (κ2) is 7.40. The molecule has 2 amide bonds. The van der Waals surface area contributed by atoms with Gasteiger partial charge in [0.2, 0.25) is 5.91 Å². The fraction of sp³-hybridized carbons (Fsp3) is 0.250. The first-order valence-corrected chi connectivity index (χ1v) is 9.24. The minimum atomic E-state index is -0.0388. The summed E-state index contributed by atoms with van der Waals surface area (Å²) in [7, 11) is 0. The van der Waals surface area contributed by atoms with E-state index in [1.54, 1.807) is 28.1 Å². The third kappa shape index (κ3) is 3.53. The zero-order chi connectivity index (χ0) is 18.8. The number of hydrogen-bond acceptors (Lipinski definition) is 3. The molecule has 1 N–H and O–H groups in total. The van der Waals surface area contributed by atoms with E-state index < -0.39 is 0 Å². The number of aromatic nitrogens is 2. The van der Waals surface area contributed by atoms with Crippen molar-refractivity contribution in [1.82, 2.24) is 20.0 Å². The summed E-state index contributed by atoms with van der Waals surface area (Å²) in [5, 5.41) is 8.42. The third-order valence-corrected chi connectivity index (χ3v) is 5.29. The molecule has 1 aliphatic heterocycles. The average molecular weight is 383 g/mol. The summed E-state index contributed by atoms with van der Waals surface area (Å²) >= 11 is 6.15. The molecule has 2 aromatic carbocycles. The number of amides is 2. The summed E-state index contributed by atoms with van der Waals surface area (Å²) in [6, 6.07) is 13.0. The van der Waals surface area contributed by atoms with Crippen LogP contribution >= 0.6 is 11.6 Å². The third-order valence-electron chi connectivity index (χ3n) is 4.93. The summed E-state index contributed by atoms with van der Waals surface area (Å²) in [5.41, 5.74) is 2.19. The highest BCUT2D eigenvalue weighted by atomic mass is 35.5. The lowest BCUT2D eigenvalue weighted by atomic mass is 10.1. The Kier molecular flexibility index (Phi) is 4.81. The molecule has 138 valence electrons. The molecule has 4 rings (SSSR count). The highest BCUT2D eigenvalue weighted by Crippen LogP contribution is 2.19. The molecule has 7 heteroatoms. The first-order valence-electron chi connectivity index (χ1n) is 8.86. The summed E-state index contributed by atoms with van der Waals surface area (Å²) in [6.07, 6.45) is 1.98. The zero-order valence-corrected chi connectivity index (χ0v) is 15.4. The molecule has 0 bridgehead atoms. The van der Waals surface area contributed by atoms with Crippen LogP contribution in [0, 0.1) is 0 Å². The number of hydrogen-bond donors (Lipinski definition) is 1. The Balaban J connectivity index is 1.40. The number of para-hydroxylation sites is 1. The Morgan fingerprint density at radius 1 is 1.00 bits per heavy atom. The maximum Gasteiger partial charge on any atom is 0.256 e. The molecule has 1 aliphatic rings. The number of nitrogens with one attached hydrogen (secondary N) is 1. The molecule has 1 saturated heterocycles. The van der Waals surface area contributed by atoms with E-state index in [0.717, 1.165) is 16.5 Å². The molecule has 6 nitrogen and oxygen atoms in total. The van der Waals surface area contributed by atoms with Crippen LogP contribution in [-0.2, 0) is 11.2 Å². The van der Waals surface area contributed by atoms with E-state index in [1.165, 1.54) is 0 Å². The van der Waals surface area contributed by atoms with E-state index in [9.17, 15) is 9.59 Å². The first-order chi connectivity index (χ1) is 13.1. The maximum absolute atomic E-state index is 12.9. The van der Waals surface area contributed by atoms with Gasteiger partial charge >= 0.3 is 0 Å². The van der Waals surface area contributed by atoms with Crippen LogP contribution in [-0.4, -0.2) is 58.0 Å². The number of H-pyrrole nitrogens is 1. The van der Waals surface area contributed by atoms with Crippen LogP contribution in [0.15, 0.2) is 48.7 Å². The quantitative estimate of drug-likeness (QED) is 0.757. The standard InChI is InChI=1S/C20H19ClN4O2/c21-17-7-2-1-4-14(17)12-18(26)24-8-10-25(11-9-24)20(27)16-6-3-5-15-13-22-23-19(15)16/h1-7,13H,8-12H2,(H,22,23). The first kappa shape index (κ1) is 17.5. The van der Waals surface area contributed by atoms with Gasteiger partial charge in [0.25, 0.3) is 5.91 Å². The van der Waals surface area contributed by atoms with Crippen LogP contribution in [0.3, 0.4) is 0 Å². The van der Waals surface area contributed by atoms with Crippen molar-refractivity contribution in [3.63, 3.8) is 0 Å². The lowest BCUT2D eigenvalue weighted by molar-refractivity contribution is -0.131. The van der Waals surface area contributed by atoms with Gasteiger partial charge < -0.3 is 9.80 Å². The van der Waals surface area contributed by atoms with E-state index in [4.69, 9.17) is 11.6 Å². The van der Waals surface area contributed by atoms with E-state index in [2.05, 4.69) is 10.2 Å². The van der Waals surface area contributed by atoms with Gasteiger partial charge in [-0.15, -0.1) is 0 Å². The number of rotatable bonds is 3. The Bertz CT molecular complexity index is 992. The molecular formula is C20H19ClN4O2. The normalized spacial score (nSPS) is 14.6. The largest absolute Gasteiger partial charge is 0.339 e. The van der Waals surface area contributed by atoms with Gasteiger partial charge in [-0.1, -0.05) is 41.9 Å². The molecule has 2 heterocycles. The molecule has 0 atom stereocenters. The monoisotopic (exact) mass is 382 g/mol. The number of piperazine rings is 1. The van der Waals surface area contributed by atoms with Gasteiger partial charge in [0, 0.05) is 36.6 Å². The predicted molar refractivity (Wildman–Crippen MR) is 104 cm³/mol. The summed E-state index contributed by atoms with van der Waals surface area (Å²) in [4.78, 5) is 29.0. The molecule has 0 aliphatic carbocycles. The molecule has 0 spiro atoms. The van der Waals surface area contributed by atoms with Crippen molar-refractivity contribution in [2.45, 2.75) is 6.42 Å². The summed E-state index contributed by atoms with van der Waals surface area (Å²) in [6.45, 7) is 2.07. The van der Waals surface area contributed by atoms with E-state index in [1.807, 2.05) is 30.3 Å². The molecule has 1 fully saturated rings. The SMILES string of the molecule is O=C(Cc1ccccc1Cl)N1CCN(C(=O)c2cccc3cn[nH]c23)CC1. The number of aromatic amines is 1. The van der Waals surface area contributed by atoms with Crippen LogP contribution in [0.4, 0.5) is 0 Å². The zero-order valence-electron chi connectivity index (χ0n) is 14.7. The van der Waals surface area contributed by atoms with Gasteiger partial charge in [-0.2, -0.15) is 5.10 Å². The van der Waals surface area contributed by atoms with E-state index in [0.29, 0.717) is 36.8 Å². The number of carbonyl (C=O) groups excluding carboxylic acids is 2. The Morgan fingerprint density at radius 2 is 1.74 bits per heavy atom. The second-order valence-corrected chi connectivity index (χ2v) is 6.99. The lowest BCUT2D eigenvalue weighted by Gasteiger charge is -2.35. The van der Waals surface area contributed by atoms with Gasteiger partial charge in [0.1, 0.15) is 0 Å². The van der Waals surface area contributed by atoms with Crippen LogP contribution in [0.5, 0.6) is 0 Å². The smallest absolute Gasteiger partial charge is 0.256 e. The lowest BCUT2D eigenvalue weighted by Crippen LogP contribution is -2.51. The molecule has 0 unspecified atom stereocenters. The molecule has 1 aromatic heterocycles. The molecular weight excluding hydrogens is 364 g/mol. The molecule has 3 aromatic rings. The number of carbonyl (C=O) groups is 2. The van der Waals surface area contributed by atoms with Crippen molar-refractivity contribution < 1.29 is 9.59 Å². The highest BCUT2D eigenvalue weighted by molar-refractivity contribution is 6.31. The van der Waals surface area contributed by atoms with E-state index in [-0.39, 0.29) is 18.2 Å². The van der Waals surface area contributed by atoms with Crippen molar-refractivity contribution in [2.24, 2.45) is 0 Å².